The quantitative estimate of drug-likeness (QED) is 0.286. The highest BCUT2D eigenvalue weighted by Gasteiger charge is 2.18. The maximum absolute atomic E-state index is 12.2. The Morgan fingerprint density at radius 1 is 1.03 bits per heavy atom. The smallest absolute Gasteiger partial charge is 0.224 e. The number of hydrogen-bond acceptors (Lipinski definition) is 6. The molecule has 1 aliphatic rings. The van der Waals surface area contributed by atoms with Crippen molar-refractivity contribution in [1.29, 1.82) is 0 Å². The molecule has 37 heavy (non-hydrogen) atoms. The number of aromatic amines is 2. The van der Waals surface area contributed by atoms with E-state index in [1.165, 1.54) is 19.3 Å². The highest BCUT2D eigenvalue weighted by atomic mass is 16.1. The van der Waals surface area contributed by atoms with Crippen LogP contribution in [0.15, 0.2) is 49.1 Å². The van der Waals surface area contributed by atoms with Gasteiger partial charge in [0.2, 0.25) is 5.91 Å². The minimum Gasteiger partial charge on any atom is -0.370 e. The lowest BCUT2D eigenvalue weighted by Crippen LogP contribution is -2.29. The van der Waals surface area contributed by atoms with Gasteiger partial charge in [-0.15, -0.1) is 0 Å². The third-order valence-corrected chi connectivity index (χ3v) is 6.80. The van der Waals surface area contributed by atoms with E-state index in [1.807, 2.05) is 44.4 Å². The maximum atomic E-state index is 12.2. The summed E-state index contributed by atoms with van der Waals surface area (Å²) in [6.07, 6.45) is 11.4. The second-order valence-electron chi connectivity index (χ2n) is 10.1. The Kier molecular flexibility index (Phi) is 6.04. The summed E-state index contributed by atoms with van der Waals surface area (Å²) >= 11 is 0. The molecule has 0 aliphatic carbocycles. The first kappa shape index (κ1) is 23.1. The average molecular weight is 495 g/mol. The topological polar surface area (TPSA) is 115 Å². The van der Waals surface area contributed by atoms with E-state index in [0.29, 0.717) is 12.1 Å². The van der Waals surface area contributed by atoms with Crippen molar-refractivity contribution in [3.8, 4) is 22.6 Å². The average Bonchev–Trinajstić information content (AvgIpc) is 3.52. The van der Waals surface area contributed by atoms with Crippen molar-refractivity contribution in [1.82, 2.24) is 30.1 Å². The van der Waals surface area contributed by atoms with E-state index < -0.39 is 0 Å². The Labute approximate surface area is 214 Å². The summed E-state index contributed by atoms with van der Waals surface area (Å²) in [5.41, 5.74) is 7.66. The van der Waals surface area contributed by atoms with Gasteiger partial charge in [0.25, 0.3) is 0 Å². The van der Waals surface area contributed by atoms with Gasteiger partial charge in [0.15, 0.2) is 0 Å². The summed E-state index contributed by atoms with van der Waals surface area (Å²) in [6.45, 7) is 6.16. The molecule has 0 atom stereocenters. The molecular formula is C28H30N8O. The summed E-state index contributed by atoms with van der Waals surface area (Å²) in [5, 5.41) is 11.8. The number of fused-ring (bicyclic) bond motifs is 2. The van der Waals surface area contributed by atoms with Gasteiger partial charge in [-0.3, -0.25) is 19.9 Å². The molecule has 9 nitrogen and oxygen atoms in total. The van der Waals surface area contributed by atoms with E-state index in [4.69, 9.17) is 4.98 Å². The highest BCUT2D eigenvalue weighted by molar-refractivity contribution is 5.99. The van der Waals surface area contributed by atoms with Gasteiger partial charge >= 0.3 is 0 Å². The zero-order chi connectivity index (χ0) is 25.4. The van der Waals surface area contributed by atoms with Gasteiger partial charge in [-0.1, -0.05) is 13.8 Å². The molecule has 1 fully saturated rings. The van der Waals surface area contributed by atoms with Crippen LogP contribution in [0.25, 0.3) is 44.6 Å². The molecule has 6 heterocycles. The van der Waals surface area contributed by atoms with Gasteiger partial charge in [0.1, 0.15) is 11.2 Å². The number of amides is 1. The van der Waals surface area contributed by atoms with Crippen LogP contribution in [0.1, 0.15) is 39.5 Å². The molecular weight excluding hydrogens is 464 g/mol. The number of H-pyrrole nitrogens is 2. The molecule has 0 bridgehead atoms. The number of carbonyl (C=O) groups is 1. The Morgan fingerprint density at radius 3 is 2.70 bits per heavy atom. The van der Waals surface area contributed by atoms with Gasteiger partial charge in [-0.25, -0.2) is 4.98 Å². The lowest BCUT2D eigenvalue weighted by molar-refractivity contribution is -0.116. The molecule has 9 heteroatoms. The fourth-order valence-corrected chi connectivity index (χ4v) is 5.03. The summed E-state index contributed by atoms with van der Waals surface area (Å²) < 4.78 is 0. The van der Waals surface area contributed by atoms with Crippen molar-refractivity contribution in [2.75, 3.05) is 23.3 Å². The van der Waals surface area contributed by atoms with Crippen molar-refractivity contribution in [2.45, 2.75) is 39.5 Å². The predicted molar refractivity (Wildman–Crippen MR) is 146 cm³/mol. The number of nitrogens with one attached hydrogen (secondary N) is 3. The van der Waals surface area contributed by atoms with Crippen LogP contribution >= 0.6 is 0 Å². The largest absolute Gasteiger partial charge is 0.370 e. The lowest BCUT2D eigenvalue weighted by Gasteiger charge is -2.28. The summed E-state index contributed by atoms with van der Waals surface area (Å²) in [7, 11) is 0. The van der Waals surface area contributed by atoms with E-state index >= 15 is 0 Å². The molecule has 0 aromatic carbocycles. The number of pyridine rings is 3. The van der Waals surface area contributed by atoms with Crippen LogP contribution in [-0.2, 0) is 4.79 Å². The molecule has 6 rings (SSSR count). The van der Waals surface area contributed by atoms with Gasteiger partial charge in [-0.05, 0) is 49.4 Å². The van der Waals surface area contributed by atoms with E-state index in [0.717, 1.165) is 63.4 Å². The van der Waals surface area contributed by atoms with Gasteiger partial charge < -0.3 is 15.2 Å². The number of piperidine rings is 1. The van der Waals surface area contributed by atoms with Gasteiger partial charge in [-0.2, -0.15) is 5.10 Å². The number of hydrogen-bond donors (Lipinski definition) is 3. The zero-order valence-corrected chi connectivity index (χ0v) is 21.1. The summed E-state index contributed by atoms with van der Waals surface area (Å²) in [5.74, 6) is 0.266. The van der Waals surface area contributed by atoms with Crippen molar-refractivity contribution in [3.63, 3.8) is 0 Å². The van der Waals surface area contributed by atoms with Crippen LogP contribution < -0.4 is 10.2 Å². The highest BCUT2D eigenvalue weighted by Crippen LogP contribution is 2.34. The Balaban J connectivity index is 1.35. The fraction of sp³-hybridized carbons (Fsp3) is 0.321. The molecule has 0 radical (unpaired) electrons. The zero-order valence-electron chi connectivity index (χ0n) is 21.1. The van der Waals surface area contributed by atoms with Crippen LogP contribution in [0.4, 0.5) is 11.4 Å². The SMILES string of the molecule is CC(C)CC(=O)Nc1cncc(-c2ccc3[nH]nc(-c4cc5c(N6CCCCC6)cncc5[nH]4)c3n2)c1. The van der Waals surface area contributed by atoms with Crippen molar-refractivity contribution >= 4 is 39.2 Å². The molecule has 188 valence electrons. The van der Waals surface area contributed by atoms with Crippen LogP contribution in [0, 0.1) is 5.92 Å². The number of aromatic nitrogens is 6. The minimum atomic E-state index is -0.0216. The van der Waals surface area contributed by atoms with Crippen molar-refractivity contribution in [2.24, 2.45) is 5.92 Å². The second-order valence-corrected chi connectivity index (χ2v) is 10.1. The van der Waals surface area contributed by atoms with Crippen LogP contribution in [0.2, 0.25) is 0 Å². The predicted octanol–water partition coefficient (Wildman–Crippen LogP) is 5.54. The molecule has 0 saturated carbocycles. The second kappa shape index (κ2) is 9.65. The Bertz CT molecular complexity index is 1580. The van der Waals surface area contributed by atoms with Crippen LogP contribution in [-0.4, -0.2) is 49.1 Å². The van der Waals surface area contributed by atoms with E-state index in [9.17, 15) is 4.79 Å². The van der Waals surface area contributed by atoms with Crippen molar-refractivity contribution in [3.05, 3.63) is 49.1 Å². The molecule has 0 unspecified atom stereocenters. The Hall–Kier alpha value is -4.27. The fourth-order valence-electron chi connectivity index (χ4n) is 5.03. The first-order chi connectivity index (χ1) is 18.0. The summed E-state index contributed by atoms with van der Waals surface area (Å²) in [4.78, 5) is 31.9. The third kappa shape index (κ3) is 4.64. The van der Waals surface area contributed by atoms with Crippen LogP contribution in [0.5, 0.6) is 0 Å². The molecule has 5 aromatic heterocycles. The molecule has 0 spiro atoms. The monoisotopic (exact) mass is 494 g/mol. The third-order valence-electron chi connectivity index (χ3n) is 6.80. The van der Waals surface area contributed by atoms with Gasteiger partial charge in [0, 0.05) is 36.7 Å². The van der Waals surface area contributed by atoms with E-state index in [2.05, 4.69) is 41.4 Å². The molecule has 1 amide bonds. The minimum absolute atomic E-state index is 0.0216. The first-order valence-corrected chi connectivity index (χ1v) is 12.9. The molecule has 1 saturated heterocycles. The molecule has 3 N–H and O–H groups in total. The summed E-state index contributed by atoms with van der Waals surface area (Å²) in [6, 6.07) is 7.96. The first-order valence-electron chi connectivity index (χ1n) is 12.9. The number of anilines is 2. The van der Waals surface area contributed by atoms with Crippen molar-refractivity contribution < 1.29 is 4.79 Å². The lowest BCUT2D eigenvalue weighted by atomic mass is 10.1. The normalized spacial score (nSPS) is 14.1. The van der Waals surface area contributed by atoms with Gasteiger partial charge in [0.05, 0.1) is 52.4 Å². The maximum Gasteiger partial charge on any atom is 0.224 e. The van der Waals surface area contributed by atoms with E-state index in [-0.39, 0.29) is 11.8 Å². The van der Waals surface area contributed by atoms with E-state index in [1.54, 1.807) is 12.4 Å². The number of carbonyl (C=O) groups excluding carboxylic acids is 1. The molecule has 5 aromatic rings. The number of nitrogens with zero attached hydrogens (tertiary/aromatic N) is 5. The molecule has 1 aliphatic heterocycles. The van der Waals surface area contributed by atoms with Crippen LogP contribution in [0.3, 0.4) is 0 Å². The Morgan fingerprint density at radius 2 is 1.86 bits per heavy atom. The number of rotatable bonds is 6. The standard InChI is InChI=1S/C28H30N8O/c1-17(2)10-26(37)31-19-11-18(13-29-14-19)21-6-7-22-27(33-21)28(35-34-22)23-12-20-24(32-23)15-30-16-25(20)36-8-4-3-5-9-36/h6-7,11-17,32H,3-5,8-10H2,1-2H3,(H,31,37)(H,34,35).